The highest BCUT2D eigenvalue weighted by Gasteiger charge is 2.13. The summed E-state index contributed by atoms with van der Waals surface area (Å²) < 4.78 is 1.08. The van der Waals surface area contributed by atoms with Crippen LogP contribution in [0.4, 0.5) is 0 Å². The van der Waals surface area contributed by atoms with Crippen molar-refractivity contribution in [3.05, 3.63) is 119 Å². The zero-order valence-corrected chi connectivity index (χ0v) is 18.9. The summed E-state index contributed by atoms with van der Waals surface area (Å²) in [6.45, 7) is 0. The van der Waals surface area contributed by atoms with Crippen molar-refractivity contribution in [2.45, 2.75) is 6.42 Å². The predicted molar refractivity (Wildman–Crippen MR) is 137 cm³/mol. The minimum atomic E-state index is 0.732. The van der Waals surface area contributed by atoms with E-state index in [9.17, 15) is 0 Å². The standard InChI is InChI=1S/C29H19BrN2/c30-23-14-9-19(10-15-23)17-28-29(32-27-8-4-3-7-26(27)31-28)22-13-16-25-21(18-22)12-11-20-5-1-2-6-24(20)25/h1-16,18H,17H2. The van der Waals surface area contributed by atoms with E-state index in [1.165, 1.54) is 27.1 Å². The van der Waals surface area contributed by atoms with Crippen LogP contribution in [0.3, 0.4) is 0 Å². The van der Waals surface area contributed by atoms with Gasteiger partial charge in [-0.05, 0) is 57.4 Å². The normalized spacial score (nSPS) is 11.4. The first kappa shape index (κ1) is 19.1. The minimum Gasteiger partial charge on any atom is -0.249 e. The number of fused-ring (bicyclic) bond motifs is 4. The Morgan fingerprint density at radius 3 is 2.12 bits per heavy atom. The molecule has 0 spiro atoms. The van der Waals surface area contributed by atoms with Crippen molar-refractivity contribution in [2.24, 2.45) is 0 Å². The SMILES string of the molecule is Brc1ccc(Cc2nc3ccccc3nc2-c2ccc3c(ccc4ccccc43)c2)cc1. The minimum absolute atomic E-state index is 0.732. The molecule has 0 fully saturated rings. The average molecular weight is 475 g/mol. The monoisotopic (exact) mass is 474 g/mol. The highest BCUT2D eigenvalue weighted by Crippen LogP contribution is 2.31. The molecular weight excluding hydrogens is 456 g/mol. The molecule has 1 heterocycles. The Balaban J connectivity index is 1.54. The largest absolute Gasteiger partial charge is 0.249 e. The van der Waals surface area contributed by atoms with Crippen molar-refractivity contribution in [3.63, 3.8) is 0 Å². The lowest BCUT2D eigenvalue weighted by molar-refractivity contribution is 1.07. The van der Waals surface area contributed by atoms with Gasteiger partial charge in [-0.2, -0.15) is 0 Å². The third-order valence-electron chi connectivity index (χ3n) is 5.95. The zero-order valence-electron chi connectivity index (χ0n) is 17.3. The molecule has 0 unspecified atom stereocenters. The Kier molecular flexibility index (Phi) is 4.70. The topological polar surface area (TPSA) is 25.8 Å². The third-order valence-corrected chi connectivity index (χ3v) is 6.47. The molecule has 0 saturated heterocycles. The van der Waals surface area contributed by atoms with E-state index in [1.807, 2.05) is 24.3 Å². The van der Waals surface area contributed by atoms with Crippen molar-refractivity contribution in [1.82, 2.24) is 9.97 Å². The molecule has 0 bridgehead atoms. The number of aromatic nitrogens is 2. The fourth-order valence-electron chi connectivity index (χ4n) is 4.35. The second-order valence-electron chi connectivity index (χ2n) is 8.03. The van der Waals surface area contributed by atoms with E-state index >= 15 is 0 Å². The number of benzene rings is 5. The summed E-state index contributed by atoms with van der Waals surface area (Å²) in [5.74, 6) is 0. The van der Waals surface area contributed by atoms with Gasteiger partial charge in [0.1, 0.15) is 0 Å². The van der Waals surface area contributed by atoms with E-state index in [2.05, 4.69) is 94.8 Å². The lowest BCUT2D eigenvalue weighted by atomic mass is 9.97. The van der Waals surface area contributed by atoms with Gasteiger partial charge in [0.15, 0.2) is 0 Å². The molecule has 0 radical (unpaired) electrons. The van der Waals surface area contributed by atoms with Gasteiger partial charge in [0.05, 0.1) is 22.4 Å². The second-order valence-corrected chi connectivity index (χ2v) is 8.95. The first-order chi connectivity index (χ1) is 15.7. The highest BCUT2D eigenvalue weighted by atomic mass is 79.9. The second kappa shape index (κ2) is 7.85. The average Bonchev–Trinajstić information content (AvgIpc) is 2.84. The van der Waals surface area contributed by atoms with Crippen LogP contribution in [0.15, 0.2) is 108 Å². The zero-order chi connectivity index (χ0) is 21.5. The third kappa shape index (κ3) is 3.45. The van der Waals surface area contributed by atoms with E-state index in [0.717, 1.165) is 38.9 Å². The summed E-state index contributed by atoms with van der Waals surface area (Å²) in [7, 11) is 0. The van der Waals surface area contributed by atoms with Crippen molar-refractivity contribution in [2.75, 3.05) is 0 Å². The fourth-order valence-corrected chi connectivity index (χ4v) is 4.61. The Morgan fingerprint density at radius 2 is 1.28 bits per heavy atom. The van der Waals surface area contributed by atoms with E-state index in [0.29, 0.717) is 0 Å². The molecule has 0 amide bonds. The molecule has 2 nitrogen and oxygen atoms in total. The van der Waals surface area contributed by atoms with Crippen LogP contribution in [-0.2, 0) is 6.42 Å². The van der Waals surface area contributed by atoms with Crippen LogP contribution >= 0.6 is 15.9 Å². The summed E-state index contributed by atoms with van der Waals surface area (Å²) in [5.41, 5.74) is 6.09. The van der Waals surface area contributed by atoms with Crippen LogP contribution < -0.4 is 0 Å². The van der Waals surface area contributed by atoms with Gasteiger partial charge in [0, 0.05) is 16.5 Å². The van der Waals surface area contributed by atoms with Gasteiger partial charge >= 0.3 is 0 Å². The molecule has 6 aromatic rings. The number of nitrogens with zero attached hydrogens (tertiary/aromatic N) is 2. The maximum Gasteiger partial charge on any atom is 0.0928 e. The van der Waals surface area contributed by atoms with Crippen molar-refractivity contribution >= 4 is 48.5 Å². The van der Waals surface area contributed by atoms with E-state index in [-0.39, 0.29) is 0 Å². The Bertz CT molecular complexity index is 1600. The summed E-state index contributed by atoms with van der Waals surface area (Å²) in [4.78, 5) is 10.1. The van der Waals surface area contributed by atoms with Crippen LogP contribution in [0.25, 0.3) is 43.8 Å². The van der Waals surface area contributed by atoms with Gasteiger partial charge in [0.2, 0.25) is 0 Å². The molecule has 5 aromatic carbocycles. The van der Waals surface area contributed by atoms with Gasteiger partial charge in [-0.15, -0.1) is 0 Å². The predicted octanol–water partition coefficient (Wildman–Crippen LogP) is 7.96. The lowest BCUT2D eigenvalue weighted by Gasteiger charge is -2.12. The maximum atomic E-state index is 5.06. The highest BCUT2D eigenvalue weighted by molar-refractivity contribution is 9.10. The number of hydrogen-bond acceptors (Lipinski definition) is 2. The van der Waals surface area contributed by atoms with Crippen molar-refractivity contribution in [1.29, 1.82) is 0 Å². The summed E-state index contributed by atoms with van der Waals surface area (Å²) in [5, 5.41) is 5.01. The Labute approximate surface area is 194 Å². The molecule has 1 aromatic heterocycles. The summed E-state index contributed by atoms with van der Waals surface area (Å²) >= 11 is 3.53. The van der Waals surface area contributed by atoms with Crippen LogP contribution in [-0.4, -0.2) is 9.97 Å². The van der Waals surface area contributed by atoms with E-state index < -0.39 is 0 Å². The molecule has 0 saturated carbocycles. The molecule has 152 valence electrons. The quantitative estimate of drug-likeness (QED) is 0.243. The fraction of sp³-hybridized carbons (Fsp3) is 0.0345. The van der Waals surface area contributed by atoms with Crippen molar-refractivity contribution < 1.29 is 0 Å². The molecule has 6 rings (SSSR count). The maximum absolute atomic E-state index is 5.06. The number of hydrogen-bond donors (Lipinski definition) is 0. The summed E-state index contributed by atoms with van der Waals surface area (Å²) in [6, 6.07) is 36.1. The van der Waals surface area contributed by atoms with Gasteiger partial charge in [0.25, 0.3) is 0 Å². The molecule has 0 N–H and O–H groups in total. The molecule has 0 aliphatic heterocycles. The van der Waals surface area contributed by atoms with Crippen molar-refractivity contribution in [3.8, 4) is 11.3 Å². The molecule has 32 heavy (non-hydrogen) atoms. The number of halogens is 1. The van der Waals surface area contributed by atoms with E-state index in [1.54, 1.807) is 0 Å². The number of rotatable bonds is 3. The van der Waals surface area contributed by atoms with Gasteiger partial charge < -0.3 is 0 Å². The Morgan fingerprint density at radius 1 is 0.594 bits per heavy atom. The summed E-state index contributed by atoms with van der Waals surface area (Å²) in [6.07, 6.45) is 0.732. The Hall–Kier alpha value is -3.56. The molecular formula is C29H19BrN2. The van der Waals surface area contributed by atoms with Crippen LogP contribution in [0.1, 0.15) is 11.3 Å². The van der Waals surface area contributed by atoms with Gasteiger partial charge in [-0.3, -0.25) is 0 Å². The lowest BCUT2D eigenvalue weighted by Crippen LogP contribution is -2.00. The smallest absolute Gasteiger partial charge is 0.0928 e. The van der Waals surface area contributed by atoms with Gasteiger partial charge in [-0.25, -0.2) is 9.97 Å². The molecule has 0 aliphatic carbocycles. The molecule has 0 atom stereocenters. The van der Waals surface area contributed by atoms with Crippen LogP contribution in [0.5, 0.6) is 0 Å². The first-order valence-electron chi connectivity index (χ1n) is 10.7. The van der Waals surface area contributed by atoms with Crippen LogP contribution in [0.2, 0.25) is 0 Å². The molecule has 0 aliphatic rings. The van der Waals surface area contributed by atoms with Crippen LogP contribution in [0, 0.1) is 0 Å². The van der Waals surface area contributed by atoms with E-state index in [4.69, 9.17) is 9.97 Å². The first-order valence-corrected chi connectivity index (χ1v) is 11.5. The molecule has 3 heteroatoms. The number of para-hydroxylation sites is 2. The van der Waals surface area contributed by atoms with Gasteiger partial charge in [-0.1, -0.05) is 88.7 Å².